The van der Waals surface area contributed by atoms with Crippen molar-refractivity contribution in [2.75, 3.05) is 0 Å². The fourth-order valence-electron chi connectivity index (χ4n) is 0.618. The Kier molecular flexibility index (Phi) is 3.73. The summed E-state index contributed by atoms with van der Waals surface area (Å²) in [7, 11) is 0. The molecule has 0 unspecified atom stereocenters. The number of amidine groups is 1. The molecule has 0 saturated carbocycles. The van der Waals surface area contributed by atoms with Gasteiger partial charge >= 0.3 is 0 Å². The highest BCUT2D eigenvalue weighted by molar-refractivity contribution is 5.98. The summed E-state index contributed by atoms with van der Waals surface area (Å²) in [5.41, 5.74) is 11.7. The zero-order valence-corrected chi connectivity index (χ0v) is 6.59. The second-order valence-corrected chi connectivity index (χ2v) is 1.99. The molecule has 0 rings (SSSR count). The lowest BCUT2D eigenvalue weighted by Gasteiger charge is -2.00. The molecule has 0 atom stereocenters. The Balaban J connectivity index is 4.87. The van der Waals surface area contributed by atoms with Gasteiger partial charge in [-0.3, -0.25) is 5.41 Å². The Bertz CT molecular complexity index is 223. The largest absolute Gasteiger partial charge is 0.398 e. The maximum absolute atomic E-state index is 7.13. The lowest BCUT2D eigenvalue weighted by Crippen LogP contribution is -2.15. The van der Waals surface area contributed by atoms with Crippen LogP contribution in [0, 0.1) is 5.41 Å². The van der Waals surface area contributed by atoms with Crippen LogP contribution in [0.15, 0.2) is 36.1 Å². The molecule has 60 valence electrons. The monoisotopic (exact) mass is 151 g/mol. The van der Waals surface area contributed by atoms with Crippen molar-refractivity contribution < 1.29 is 0 Å². The first-order valence-corrected chi connectivity index (χ1v) is 3.22. The predicted octanol–water partition coefficient (Wildman–Crippen LogP) is 0.897. The minimum Gasteiger partial charge on any atom is -0.398 e. The van der Waals surface area contributed by atoms with Crippen molar-refractivity contribution in [1.29, 1.82) is 5.41 Å². The number of nitrogens with two attached hydrogens (primary N) is 2. The van der Waals surface area contributed by atoms with Gasteiger partial charge in [0.2, 0.25) is 0 Å². The van der Waals surface area contributed by atoms with Crippen molar-refractivity contribution in [2.45, 2.75) is 6.92 Å². The molecule has 0 aromatic rings. The molecule has 3 nitrogen and oxygen atoms in total. The van der Waals surface area contributed by atoms with Gasteiger partial charge in [-0.25, -0.2) is 0 Å². The zero-order chi connectivity index (χ0) is 8.85. The molecule has 0 fully saturated rings. The van der Waals surface area contributed by atoms with Crippen LogP contribution in [0.2, 0.25) is 0 Å². The fraction of sp³-hybridized carbons (Fsp3) is 0.125. The molecule has 0 aliphatic heterocycles. The highest BCUT2D eigenvalue weighted by Gasteiger charge is 1.98. The van der Waals surface area contributed by atoms with Crippen LogP contribution in [0.3, 0.4) is 0 Å². The lowest BCUT2D eigenvalue weighted by molar-refractivity contribution is 1.34. The van der Waals surface area contributed by atoms with Crippen molar-refractivity contribution in [3.05, 3.63) is 36.1 Å². The summed E-state index contributed by atoms with van der Waals surface area (Å²) in [5, 5.41) is 7.13. The Hall–Kier alpha value is -1.51. The number of hydrogen-bond acceptors (Lipinski definition) is 2. The zero-order valence-electron chi connectivity index (χ0n) is 6.59. The molecular weight excluding hydrogens is 138 g/mol. The van der Waals surface area contributed by atoms with Crippen molar-refractivity contribution in [1.82, 2.24) is 0 Å². The molecule has 0 aliphatic carbocycles. The van der Waals surface area contributed by atoms with Crippen LogP contribution >= 0.6 is 0 Å². The van der Waals surface area contributed by atoms with Crippen molar-refractivity contribution in [3.63, 3.8) is 0 Å². The van der Waals surface area contributed by atoms with E-state index >= 15 is 0 Å². The SMILES string of the molecule is C=CC(N)=C(/C=C\C)C(=N)N. The van der Waals surface area contributed by atoms with Crippen LogP contribution < -0.4 is 11.5 Å². The number of rotatable bonds is 3. The van der Waals surface area contributed by atoms with Crippen LogP contribution in [0.1, 0.15) is 6.92 Å². The molecule has 3 heteroatoms. The fourth-order valence-corrected chi connectivity index (χ4v) is 0.618. The van der Waals surface area contributed by atoms with E-state index in [4.69, 9.17) is 16.9 Å². The third-order valence-corrected chi connectivity index (χ3v) is 1.15. The van der Waals surface area contributed by atoms with Crippen LogP contribution in [0.5, 0.6) is 0 Å². The predicted molar refractivity (Wildman–Crippen MR) is 48.1 cm³/mol. The molecule has 0 aromatic heterocycles. The average molecular weight is 151 g/mol. The van der Waals surface area contributed by atoms with Crippen molar-refractivity contribution in [2.24, 2.45) is 11.5 Å². The van der Waals surface area contributed by atoms with Gasteiger partial charge in [0.25, 0.3) is 0 Å². The Morgan fingerprint density at radius 1 is 1.45 bits per heavy atom. The van der Waals surface area contributed by atoms with Crippen molar-refractivity contribution >= 4 is 5.84 Å². The van der Waals surface area contributed by atoms with E-state index in [2.05, 4.69) is 6.58 Å². The van der Waals surface area contributed by atoms with Crippen LogP contribution in [-0.2, 0) is 0 Å². The van der Waals surface area contributed by atoms with E-state index < -0.39 is 0 Å². The normalized spacial score (nSPS) is 12.8. The Morgan fingerprint density at radius 2 is 2.00 bits per heavy atom. The van der Waals surface area contributed by atoms with Crippen molar-refractivity contribution in [3.8, 4) is 0 Å². The number of allylic oxidation sites excluding steroid dienone is 2. The van der Waals surface area contributed by atoms with E-state index in [0.29, 0.717) is 11.3 Å². The summed E-state index contributed by atoms with van der Waals surface area (Å²) in [6, 6.07) is 0. The number of nitrogens with one attached hydrogen (secondary N) is 1. The van der Waals surface area contributed by atoms with E-state index in [-0.39, 0.29) is 5.84 Å². The second kappa shape index (κ2) is 4.33. The third kappa shape index (κ3) is 2.71. The minimum absolute atomic E-state index is 0.0412. The van der Waals surface area contributed by atoms with E-state index in [0.717, 1.165) is 0 Å². The topological polar surface area (TPSA) is 75.9 Å². The summed E-state index contributed by atoms with van der Waals surface area (Å²) >= 11 is 0. The van der Waals surface area contributed by atoms with E-state index in [9.17, 15) is 0 Å². The standard InChI is InChI=1S/C8H13N3/c1-3-5-6(8(10)11)7(9)4-2/h3-5H,2,9H2,1H3,(H3,10,11)/b5-3-,7-6?. The van der Waals surface area contributed by atoms with E-state index in [1.165, 1.54) is 6.08 Å². The smallest absolute Gasteiger partial charge is 0.124 e. The van der Waals surface area contributed by atoms with Gasteiger partial charge in [0.1, 0.15) is 5.84 Å². The molecule has 0 aliphatic rings. The third-order valence-electron chi connectivity index (χ3n) is 1.15. The first kappa shape index (κ1) is 9.49. The quantitative estimate of drug-likeness (QED) is 0.318. The van der Waals surface area contributed by atoms with Crippen LogP contribution in [0.4, 0.5) is 0 Å². The van der Waals surface area contributed by atoms with E-state index in [1.807, 2.05) is 6.92 Å². The highest BCUT2D eigenvalue weighted by Crippen LogP contribution is 2.01. The Morgan fingerprint density at radius 3 is 2.27 bits per heavy atom. The molecule has 0 amide bonds. The minimum atomic E-state index is -0.0412. The van der Waals surface area contributed by atoms with Gasteiger partial charge in [0, 0.05) is 11.3 Å². The molecule has 0 bridgehead atoms. The van der Waals surface area contributed by atoms with Gasteiger partial charge in [0.05, 0.1) is 0 Å². The van der Waals surface area contributed by atoms with Gasteiger partial charge in [0.15, 0.2) is 0 Å². The first-order valence-electron chi connectivity index (χ1n) is 3.22. The summed E-state index contributed by atoms with van der Waals surface area (Å²) in [6.07, 6.45) is 4.92. The summed E-state index contributed by atoms with van der Waals surface area (Å²) in [6.45, 7) is 5.31. The molecule has 0 aromatic carbocycles. The second-order valence-electron chi connectivity index (χ2n) is 1.99. The highest BCUT2D eigenvalue weighted by atomic mass is 14.7. The van der Waals surface area contributed by atoms with Gasteiger partial charge in [-0.2, -0.15) is 0 Å². The number of hydrogen-bond donors (Lipinski definition) is 3. The molecular formula is C8H13N3. The van der Waals surface area contributed by atoms with Crippen LogP contribution in [-0.4, -0.2) is 5.84 Å². The molecule has 0 saturated heterocycles. The summed E-state index contributed by atoms with van der Waals surface area (Å²) in [5.74, 6) is -0.0412. The molecule has 5 N–H and O–H groups in total. The van der Waals surface area contributed by atoms with Gasteiger partial charge in [-0.15, -0.1) is 0 Å². The van der Waals surface area contributed by atoms with E-state index in [1.54, 1.807) is 12.2 Å². The van der Waals surface area contributed by atoms with Crippen LogP contribution in [0.25, 0.3) is 0 Å². The molecule has 11 heavy (non-hydrogen) atoms. The summed E-state index contributed by atoms with van der Waals surface area (Å²) < 4.78 is 0. The molecule has 0 spiro atoms. The lowest BCUT2D eigenvalue weighted by atomic mass is 10.1. The molecule has 0 radical (unpaired) electrons. The maximum atomic E-state index is 7.13. The first-order chi connectivity index (χ1) is 5.13. The Labute approximate surface area is 66.6 Å². The van der Waals surface area contributed by atoms with Gasteiger partial charge in [-0.1, -0.05) is 18.7 Å². The van der Waals surface area contributed by atoms with Gasteiger partial charge in [-0.05, 0) is 13.0 Å². The maximum Gasteiger partial charge on any atom is 0.124 e. The van der Waals surface area contributed by atoms with Gasteiger partial charge < -0.3 is 11.5 Å². The average Bonchev–Trinajstić information content (AvgIpc) is 1.98. The molecule has 0 heterocycles. The summed E-state index contributed by atoms with van der Waals surface area (Å²) in [4.78, 5) is 0.